The first-order valence-corrected chi connectivity index (χ1v) is 6.67. The smallest absolute Gasteiger partial charge is 0.160 e. The predicted octanol–water partition coefficient (Wildman–Crippen LogP) is 3.03. The average Bonchev–Trinajstić information content (AvgIpc) is 2.42. The standard InChI is InChI=1S/C15H25NO2/c1-16-11-7-5-4-6-8-13-9-10-14(17-2)15(12-13)18-3/h9-10,12,16H,4-8,11H2,1-3H3. The highest BCUT2D eigenvalue weighted by molar-refractivity contribution is 5.42. The average molecular weight is 251 g/mol. The molecule has 0 spiro atoms. The zero-order valence-corrected chi connectivity index (χ0v) is 11.8. The number of aryl methyl sites for hydroxylation is 1. The van der Waals surface area contributed by atoms with Gasteiger partial charge in [-0.05, 0) is 50.6 Å². The van der Waals surface area contributed by atoms with E-state index in [1.807, 2.05) is 13.1 Å². The SMILES string of the molecule is CNCCCCCCc1ccc(OC)c(OC)c1. The van der Waals surface area contributed by atoms with Crippen molar-refractivity contribution < 1.29 is 9.47 Å². The Morgan fingerprint density at radius 2 is 1.67 bits per heavy atom. The lowest BCUT2D eigenvalue weighted by Crippen LogP contribution is -2.06. The molecule has 1 aromatic carbocycles. The van der Waals surface area contributed by atoms with E-state index in [9.17, 15) is 0 Å². The molecule has 102 valence electrons. The van der Waals surface area contributed by atoms with Gasteiger partial charge in [-0.15, -0.1) is 0 Å². The van der Waals surface area contributed by atoms with Crippen LogP contribution in [0.2, 0.25) is 0 Å². The number of hydrogen-bond acceptors (Lipinski definition) is 3. The monoisotopic (exact) mass is 251 g/mol. The van der Waals surface area contributed by atoms with E-state index in [2.05, 4.69) is 17.4 Å². The van der Waals surface area contributed by atoms with Crippen molar-refractivity contribution in [1.29, 1.82) is 0 Å². The molecule has 0 saturated carbocycles. The third-order valence-electron chi connectivity index (χ3n) is 3.09. The van der Waals surface area contributed by atoms with E-state index in [0.29, 0.717) is 0 Å². The molecule has 0 aliphatic carbocycles. The minimum absolute atomic E-state index is 0.801. The van der Waals surface area contributed by atoms with Crippen molar-refractivity contribution in [2.45, 2.75) is 32.1 Å². The van der Waals surface area contributed by atoms with Crippen LogP contribution < -0.4 is 14.8 Å². The van der Waals surface area contributed by atoms with Crippen molar-refractivity contribution in [3.63, 3.8) is 0 Å². The maximum atomic E-state index is 5.30. The molecule has 0 fully saturated rings. The van der Waals surface area contributed by atoms with Gasteiger partial charge in [0.15, 0.2) is 11.5 Å². The zero-order chi connectivity index (χ0) is 13.2. The van der Waals surface area contributed by atoms with E-state index in [4.69, 9.17) is 9.47 Å². The Morgan fingerprint density at radius 3 is 2.33 bits per heavy atom. The molecule has 0 heterocycles. The van der Waals surface area contributed by atoms with Gasteiger partial charge in [0, 0.05) is 0 Å². The Bertz CT molecular complexity index is 339. The maximum absolute atomic E-state index is 5.30. The summed E-state index contributed by atoms with van der Waals surface area (Å²) in [6.07, 6.45) is 6.20. The van der Waals surface area contributed by atoms with Gasteiger partial charge in [0.2, 0.25) is 0 Å². The highest BCUT2D eigenvalue weighted by Gasteiger charge is 2.04. The van der Waals surface area contributed by atoms with E-state index in [-0.39, 0.29) is 0 Å². The van der Waals surface area contributed by atoms with Gasteiger partial charge in [-0.2, -0.15) is 0 Å². The van der Waals surface area contributed by atoms with Gasteiger partial charge in [-0.3, -0.25) is 0 Å². The highest BCUT2D eigenvalue weighted by Crippen LogP contribution is 2.28. The minimum Gasteiger partial charge on any atom is -0.493 e. The van der Waals surface area contributed by atoms with Crippen LogP contribution in [0.25, 0.3) is 0 Å². The number of benzene rings is 1. The van der Waals surface area contributed by atoms with Crippen LogP contribution in [0.3, 0.4) is 0 Å². The van der Waals surface area contributed by atoms with E-state index >= 15 is 0 Å². The number of methoxy groups -OCH3 is 2. The lowest BCUT2D eigenvalue weighted by Gasteiger charge is -2.09. The second-order valence-corrected chi connectivity index (χ2v) is 4.46. The number of nitrogens with one attached hydrogen (secondary N) is 1. The summed E-state index contributed by atoms with van der Waals surface area (Å²) in [6.45, 7) is 1.12. The number of unbranched alkanes of at least 4 members (excludes halogenated alkanes) is 3. The second kappa shape index (κ2) is 8.81. The summed E-state index contributed by atoms with van der Waals surface area (Å²) in [4.78, 5) is 0. The fourth-order valence-electron chi connectivity index (χ4n) is 2.02. The van der Waals surface area contributed by atoms with E-state index in [0.717, 1.165) is 24.5 Å². The van der Waals surface area contributed by atoms with Crippen LogP contribution in [0, 0.1) is 0 Å². The van der Waals surface area contributed by atoms with Crippen LogP contribution in [0.15, 0.2) is 18.2 Å². The Morgan fingerprint density at radius 1 is 0.944 bits per heavy atom. The van der Waals surface area contributed by atoms with E-state index in [1.165, 1.54) is 31.2 Å². The summed E-state index contributed by atoms with van der Waals surface area (Å²) in [6, 6.07) is 6.18. The Balaban J connectivity index is 2.34. The van der Waals surface area contributed by atoms with Gasteiger partial charge < -0.3 is 14.8 Å². The minimum atomic E-state index is 0.801. The maximum Gasteiger partial charge on any atom is 0.160 e. The third kappa shape index (κ3) is 4.96. The van der Waals surface area contributed by atoms with E-state index in [1.54, 1.807) is 14.2 Å². The van der Waals surface area contributed by atoms with Gasteiger partial charge in [0.1, 0.15) is 0 Å². The summed E-state index contributed by atoms with van der Waals surface area (Å²) >= 11 is 0. The summed E-state index contributed by atoms with van der Waals surface area (Å²) in [7, 11) is 5.35. The molecule has 0 amide bonds. The van der Waals surface area contributed by atoms with E-state index < -0.39 is 0 Å². The molecule has 0 radical (unpaired) electrons. The van der Waals surface area contributed by atoms with Gasteiger partial charge in [0.25, 0.3) is 0 Å². The molecule has 3 heteroatoms. The molecule has 0 aliphatic rings. The lowest BCUT2D eigenvalue weighted by atomic mass is 10.1. The van der Waals surface area contributed by atoms with Crippen LogP contribution >= 0.6 is 0 Å². The fourth-order valence-corrected chi connectivity index (χ4v) is 2.02. The Labute approximate surface area is 110 Å². The van der Waals surface area contributed by atoms with Gasteiger partial charge in [0.05, 0.1) is 14.2 Å². The molecular weight excluding hydrogens is 226 g/mol. The molecule has 0 saturated heterocycles. The quantitative estimate of drug-likeness (QED) is 0.684. The topological polar surface area (TPSA) is 30.5 Å². The second-order valence-electron chi connectivity index (χ2n) is 4.46. The summed E-state index contributed by atoms with van der Waals surface area (Å²) in [5.74, 6) is 1.63. The summed E-state index contributed by atoms with van der Waals surface area (Å²) in [5.41, 5.74) is 1.32. The number of hydrogen-bond donors (Lipinski definition) is 1. The molecule has 1 rings (SSSR count). The van der Waals surface area contributed by atoms with Crippen LogP contribution in [0.1, 0.15) is 31.2 Å². The molecule has 0 aliphatic heterocycles. The largest absolute Gasteiger partial charge is 0.493 e. The molecule has 18 heavy (non-hydrogen) atoms. The third-order valence-corrected chi connectivity index (χ3v) is 3.09. The first-order chi connectivity index (χ1) is 8.81. The molecule has 0 aromatic heterocycles. The summed E-state index contributed by atoms with van der Waals surface area (Å²) < 4.78 is 10.5. The summed E-state index contributed by atoms with van der Waals surface area (Å²) in [5, 5.41) is 3.17. The first kappa shape index (κ1) is 14.8. The highest BCUT2D eigenvalue weighted by atomic mass is 16.5. The normalized spacial score (nSPS) is 10.4. The van der Waals surface area contributed by atoms with Crippen LogP contribution in [0.4, 0.5) is 0 Å². The first-order valence-electron chi connectivity index (χ1n) is 6.67. The van der Waals surface area contributed by atoms with Crippen molar-refractivity contribution in [1.82, 2.24) is 5.32 Å². The Kier molecular flexibility index (Phi) is 7.26. The van der Waals surface area contributed by atoms with Gasteiger partial charge in [-0.1, -0.05) is 18.9 Å². The van der Waals surface area contributed by atoms with Crippen LogP contribution in [0.5, 0.6) is 11.5 Å². The number of rotatable bonds is 9. The predicted molar refractivity (Wildman–Crippen MR) is 75.6 cm³/mol. The zero-order valence-electron chi connectivity index (χ0n) is 11.8. The van der Waals surface area contributed by atoms with Crippen molar-refractivity contribution >= 4 is 0 Å². The van der Waals surface area contributed by atoms with Crippen LogP contribution in [-0.4, -0.2) is 27.8 Å². The van der Waals surface area contributed by atoms with Crippen molar-refractivity contribution in [2.75, 3.05) is 27.8 Å². The van der Waals surface area contributed by atoms with Crippen molar-refractivity contribution in [3.05, 3.63) is 23.8 Å². The molecule has 0 unspecified atom stereocenters. The van der Waals surface area contributed by atoms with Gasteiger partial charge in [-0.25, -0.2) is 0 Å². The number of ether oxygens (including phenoxy) is 2. The molecule has 0 atom stereocenters. The Hall–Kier alpha value is -1.22. The molecule has 0 bridgehead atoms. The molecule has 1 aromatic rings. The van der Waals surface area contributed by atoms with Gasteiger partial charge >= 0.3 is 0 Å². The van der Waals surface area contributed by atoms with Crippen LogP contribution in [-0.2, 0) is 6.42 Å². The molecular formula is C15H25NO2. The molecule has 1 N–H and O–H groups in total. The van der Waals surface area contributed by atoms with Crippen molar-refractivity contribution in [2.24, 2.45) is 0 Å². The van der Waals surface area contributed by atoms with Crippen molar-refractivity contribution in [3.8, 4) is 11.5 Å². The lowest BCUT2D eigenvalue weighted by molar-refractivity contribution is 0.354. The molecule has 3 nitrogen and oxygen atoms in total. The fraction of sp³-hybridized carbons (Fsp3) is 0.600.